The fourth-order valence-electron chi connectivity index (χ4n) is 1.75. The Kier molecular flexibility index (Phi) is 3.66. The first-order valence-corrected chi connectivity index (χ1v) is 6.26. The molecule has 0 bridgehead atoms. The fraction of sp³-hybridized carbons (Fsp3) is 0.727. The number of nitrogens with zero attached hydrogens (tertiary/aromatic N) is 4. The summed E-state index contributed by atoms with van der Waals surface area (Å²) in [6.07, 6.45) is 2.56. The molecule has 0 saturated heterocycles. The zero-order chi connectivity index (χ0) is 12.4. The van der Waals surface area contributed by atoms with Crippen LogP contribution >= 0.6 is 11.6 Å². The molecule has 1 fully saturated rings. The van der Waals surface area contributed by atoms with Crippen LogP contribution < -0.4 is 9.64 Å². The van der Waals surface area contributed by atoms with Crippen molar-refractivity contribution < 1.29 is 4.74 Å². The summed E-state index contributed by atoms with van der Waals surface area (Å²) in [7, 11) is 1.98. The molecule has 0 aliphatic heterocycles. The van der Waals surface area contributed by atoms with Gasteiger partial charge >= 0.3 is 6.01 Å². The Morgan fingerprint density at radius 1 is 1.41 bits per heavy atom. The molecule has 6 heteroatoms. The maximum atomic E-state index is 5.86. The van der Waals surface area contributed by atoms with E-state index in [9.17, 15) is 0 Å². The van der Waals surface area contributed by atoms with E-state index in [0.29, 0.717) is 18.6 Å². The molecule has 1 unspecified atom stereocenters. The second-order valence-electron chi connectivity index (χ2n) is 4.31. The van der Waals surface area contributed by atoms with Gasteiger partial charge in [0.2, 0.25) is 11.2 Å². The molecule has 1 heterocycles. The van der Waals surface area contributed by atoms with Crippen LogP contribution in [-0.4, -0.2) is 34.6 Å². The number of hydrogen-bond acceptors (Lipinski definition) is 5. The summed E-state index contributed by atoms with van der Waals surface area (Å²) < 4.78 is 5.26. The maximum absolute atomic E-state index is 5.86. The molecule has 17 heavy (non-hydrogen) atoms. The van der Waals surface area contributed by atoms with Crippen molar-refractivity contribution in [1.82, 2.24) is 15.0 Å². The van der Waals surface area contributed by atoms with Crippen LogP contribution in [-0.2, 0) is 0 Å². The van der Waals surface area contributed by atoms with Gasteiger partial charge in [-0.3, -0.25) is 0 Å². The Bertz CT molecular complexity index is 397. The lowest BCUT2D eigenvalue weighted by Gasteiger charge is -2.24. The van der Waals surface area contributed by atoms with Crippen molar-refractivity contribution in [3.63, 3.8) is 0 Å². The summed E-state index contributed by atoms with van der Waals surface area (Å²) >= 11 is 5.86. The molecular weight excluding hydrogens is 240 g/mol. The van der Waals surface area contributed by atoms with Gasteiger partial charge in [-0.25, -0.2) is 0 Å². The van der Waals surface area contributed by atoms with Crippen molar-refractivity contribution in [1.29, 1.82) is 0 Å². The number of aromatic nitrogens is 3. The molecular formula is C11H17ClN4O. The first-order chi connectivity index (χ1) is 8.11. The van der Waals surface area contributed by atoms with Crippen molar-refractivity contribution in [3.8, 4) is 6.01 Å². The highest BCUT2D eigenvalue weighted by Gasteiger charge is 2.31. The van der Waals surface area contributed by atoms with Gasteiger partial charge in [0.1, 0.15) is 0 Å². The third-order valence-corrected chi connectivity index (χ3v) is 3.25. The summed E-state index contributed by atoms with van der Waals surface area (Å²) in [5, 5.41) is 0.174. The van der Waals surface area contributed by atoms with E-state index in [1.54, 1.807) is 0 Å². The summed E-state index contributed by atoms with van der Waals surface area (Å²) in [6, 6.07) is 0.709. The lowest BCUT2D eigenvalue weighted by Crippen LogP contribution is -2.32. The minimum Gasteiger partial charge on any atom is -0.464 e. The normalized spacial score (nSPS) is 16.7. The Morgan fingerprint density at radius 2 is 2.12 bits per heavy atom. The predicted molar refractivity (Wildman–Crippen MR) is 66.6 cm³/mol. The SMILES string of the molecule is CCOc1nc(Cl)nc(N(C)C(C)C2CC2)n1. The Labute approximate surface area is 106 Å². The maximum Gasteiger partial charge on any atom is 0.322 e. The van der Waals surface area contributed by atoms with Crippen molar-refractivity contribution in [2.45, 2.75) is 32.7 Å². The molecule has 1 saturated carbocycles. The Balaban J connectivity index is 2.18. The van der Waals surface area contributed by atoms with E-state index in [4.69, 9.17) is 16.3 Å². The highest BCUT2D eigenvalue weighted by Crippen LogP contribution is 2.35. The van der Waals surface area contributed by atoms with Crippen LogP contribution in [0.3, 0.4) is 0 Å². The second kappa shape index (κ2) is 5.04. The first kappa shape index (κ1) is 12.4. The van der Waals surface area contributed by atoms with Crippen molar-refractivity contribution in [3.05, 3.63) is 5.28 Å². The summed E-state index contributed by atoms with van der Waals surface area (Å²) in [6.45, 7) is 4.57. The average molecular weight is 257 g/mol. The molecule has 0 N–H and O–H groups in total. The molecule has 1 aromatic rings. The van der Waals surface area contributed by atoms with Crippen LogP contribution in [0, 0.1) is 5.92 Å². The van der Waals surface area contributed by atoms with Crippen LogP contribution in [0.15, 0.2) is 0 Å². The third kappa shape index (κ3) is 2.97. The number of rotatable bonds is 5. The van der Waals surface area contributed by atoms with Crippen LogP contribution in [0.2, 0.25) is 5.28 Å². The Morgan fingerprint density at radius 3 is 2.71 bits per heavy atom. The molecule has 0 aromatic carbocycles. The van der Waals surface area contributed by atoms with E-state index in [-0.39, 0.29) is 11.3 Å². The topological polar surface area (TPSA) is 51.1 Å². The first-order valence-electron chi connectivity index (χ1n) is 5.89. The minimum atomic E-state index is 0.174. The monoisotopic (exact) mass is 256 g/mol. The number of anilines is 1. The molecule has 1 aliphatic carbocycles. The van der Waals surface area contributed by atoms with E-state index in [1.807, 2.05) is 18.9 Å². The van der Waals surface area contributed by atoms with Gasteiger partial charge in [0.25, 0.3) is 0 Å². The van der Waals surface area contributed by atoms with Crippen molar-refractivity contribution in [2.24, 2.45) is 5.92 Å². The van der Waals surface area contributed by atoms with Gasteiger partial charge in [-0.1, -0.05) is 0 Å². The zero-order valence-corrected chi connectivity index (χ0v) is 11.1. The summed E-state index contributed by atoms with van der Waals surface area (Å²) in [5.74, 6) is 1.32. The lowest BCUT2D eigenvalue weighted by atomic mass is 10.2. The molecule has 2 rings (SSSR count). The summed E-state index contributed by atoms with van der Waals surface area (Å²) in [5.41, 5.74) is 0. The number of halogens is 1. The zero-order valence-electron chi connectivity index (χ0n) is 10.4. The van der Waals surface area contributed by atoms with Gasteiger partial charge in [0.05, 0.1) is 6.61 Å². The standard InChI is InChI=1S/C11H17ClN4O/c1-4-17-11-14-9(12)13-10(15-11)16(3)7(2)8-5-6-8/h7-8H,4-6H2,1-3H3. The van der Waals surface area contributed by atoms with Gasteiger partial charge in [-0.05, 0) is 44.2 Å². The largest absolute Gasteiger partial charge is 0.464 e. The Hall–Kier alpha value is -1.10. The summed E-state index contributed by atoms with van der Waals surface area (Å²) in [4.78, 5) is 14.3. The van der Waals surface area contributed by atoms with Crippen LogP contribution in [0.5, 0.6) is 6.01 Å². The minimum absolute atomic E-state index is 0.174. The molecule has 1 atom stereocenters. The highest BCUT2D eigenvalue weighted by atomic mass is 35.5. The van der Waals surface area contributed by atoms with Crippen molar-refractivity contribution in [2.75, 3.05) is 18.6 Å². The molecule has 0 amide bonds. The van der Waals surface area contributed by atoms with Crippen LogP contribution in [0.1, 0.15) is 26.7 Å². The number of ether oxygens (including phenoxy) is 1. The molecule has 94 valence electrons. The second-order valence-corrected chi connectivity index (χ2v) is 4.65. The van der Waals surface area contributed by atoms with E-state index >= 15 is 0 Å². The third-order valence-electron chi connectivity index (χ3n) is 3.08. The molecule has 0 spiro atoms. The molecule has 1 aromatic heterocycles. The quantitative estimate of drug-likeness (QED) is 0.808. The van der Waals surface area contributed by atoms with Gasteiger partial charge in [-0.2, -0.15) is 15.0 Å². The number of hydrogen-bond donors (Lipinski definition) is 0. The van der Waals surface area contributed by atoms with Crippen LogP contribution in [0.4, 0.5) is 5.95 Å². The fourth-order valence-corrected chi connectivity index (χ4v) is 1.90. The van der Waals surface area contributed by atoms with E-state index in [2.05, 4.69) is 21.9 Å². The molecule has 1 aliphatic rings. The molecule has 5 nitrogen and oxygen atoms in total. The van der Waals surface area contributed by atoms with Gasteiger partial charge < -0.3 is 9.64 Å². The van der Waals surface area contributed by atoms with Gasteiger partial charge in [-0.15, -0.1) is 0 Å². The van der Waals surface area contributed by atoms with Crippen LogP contribution in [0.25, 0.3) is 0 Å². The smallest absolute Gasteiger partial charge is 0.322 e. The van der Waals surface area contributed by atoms with Gasteiger partial charge in [0.15, 0.2) is 0 Å². The van der Waals surface area contributed by atoms with Gasteiger partial charge in [0, 0.05) is 13.1 Å². The van der Waals surface area contributed by atoms with E-state index in [1.165, 1.54) is 12.8 Å². The van der Waals surface area contributed by atoms with Crippen molar-refractivity contribution >= 4 is 17.5 Å². The molecule has 0 radical (unpaired) electrons. The predicted octanol–water partition coefficient (Wildman–Crippen LogP) is 2.16. The van der Waals surface area contributed by atoms with E-state index < -0.39 is 0 Å². The van der Waals surface area contributed by atoms with E-state index in [0.717, 1.165) is 5.92 Å². The average Bonchev–Trinajstić information content (AvgIpc) is 3.10. The highest BCUT2D eigenvalue weighted by molar-refractivity contribution is 6.28. The lowest BCUT2D eigenvalue weighted by molar-refractivity contribution is 0.311.